The molecule has 0 saturated heterocycles. The molecule has 13 aromatic rings. The Morgan fingerprint density at radius 1 is 0.397 bits per heavy atom. The molecule has 0 aliphatic heterocycles. The fourth-order valence-corrected chi connectivity index (χ4v) is 10.8. The summed E-state index contributed by atoms with van der Waals surface area (Å²) in [5.74, 6) is 0. The molecule has 0 aliphatic rings. The molecule has 0 radical (unpaired) electrons. The number of thiophene rings is 1. The molecule has 4 aromatic heterocycles. The Kier molecular flexibility index (Phi) is 6.60. The summed E-state index contributed by atoms with van der Waals surface area (Å²) in [5.41, 5.74) is 10.8. The molecule has 0 fully saturated rings. The van der Waals surface area contributed by atoms with Crippen LogP contribution in [0.4, 0.5) is 17.1 Å². The van der Waals surface area contributed by atoms with E-state index in [9.17, 15) is 0 Å². The molecule has 4 heterocycles. The van der Waals surface area contributed by atoms with Gasteiger partial charge in [-0.05, 0) is 82.6 Å². The van der Waals surface area contributed by atoms with E-state index in [-0.39, 0.29) is 0 Å². The van der Waals surface area contributed by atoms with E-state index in [1.807, 2.05) is 17.4 Å². The van der Waals surface area contributed by atoms with Crippen LogP contribution in [0.15, 0.2) is 199 Å². The molecule has 3 nitrogen and oxygen atoms in total. The molecule has 270 valence electrons. The highest BCUT2D eigenvalue weighted by atomic mass is 32.1. The van der Waals surface area contributed by atoms with Crippen molar-refractivity contribution in [1.29, 1.82) is 0 Å². The Labute approximate surface area is 336 Å². The summed E-state index contributed by atoms with van der Waals surface area (Å²) in [6.07, 6.45) is 0. The van der Waals surface area contributed by atoms with Crippen LogP contribution in [-0.2, 0) is 0 Å². The molecule has 4 heteroatoms. The number of aromatic nitrogens is 1. The highest BCUT2D eigenvalue weighted by molar-refractivity contribution is 7.26. The summed E-state index contributed by atoms with van der Waals surface area (Å²) in [6, 6.07) is 70.7. The van der Waals surface area contributed by atoms with Gasteiger partial charge in [-0.15, -0.1) is 11.3 Å². The van der Waals surface area contributed by atoms with Crippen molar-refractivity contribution in [3.8, 4) is 11.1 Å². The van der Waals surface area contributed by atoms with Crippen LogP contribution < -0.4 is 4.90 Å². The van der Waals surface area contributed by atoms with Gasteiger partial charge in [-0.3, -0.25) is 0 Å². The molecule has 0 saturated carbocycles. The lowest BCUT2D eigenvalue weighted by Gasteiger charge is -2.26. The van der Waals surface area contributed by atoms with Crippen LogP contribution in [0.2, 0.25) is 0 Å². The van der Waals surface area contributed by atoms with Gasteiger partial charge in [0.05, 0.1) is 22.2 Å². The van der Waals surface area contributed by atoms with Gasteiger partial charge >= 0.3 is 0 Å². The van der Waals surface area contributed by atoms with Gasteiger partial charge in [-0.1, -0.05) is 133 Å². The first kappa shape index (κ1) is 31.8. The SMILES string of the molecule is c1ccc(-c2ccc(N(c3ccc4c(c3)c3cccc5c6cccc7sc8cccc(c9ccccc9n4c53)c8c76)c3cccc4c3oc3ccccc34)cc2)cc1. The number of furan rings is 1. The maximum absolute atomic E-state index is 6.71. The molecule has 9 aromatic carbocycles. The predicted molar refractivity (Wildman–Crippen MR) is 248 cm³/mol. The van der Waals surface area contributed by atoms with Crippen molar-refractivity contribution in [3.05, 3.63) is 194 Å². The first-order chi connectivity index (χ1) is 28.8. The maximum Gasteiger partial charge on any atom is 0.159 e. The van der Waals surface area contributed by atoms with Crippen molar-refractivity contribution in [2.75, 3.05) is 4.90 Å². The molecule has 0 amide bonds. The quantitative estimate of drug-likeness (QED) is 0.178. The minimum atomic E-state index is 0.866. The number of hydrogen-bond acceptors (Lipinski definition) is 3. The first-order valence-electron chi connectivity index (χ1n) is 19.8. The minimum Gasteiger partial charge on any atom is -0.454 e. The number of rotatable bonds is 4. The van der Waals surface area contributed by atoms with Crippen LogP contribution >= 0.6 is 11.3 Å². The lowest BCUT2D eigenvalue weighted by atomic mass is 10.0. The van der Waals surface area contributed by atoms with Crippen molar-refractivity contribution in [3.63, 3.8) is 0 Å². The number of hydrogen-bond donors (Lipinski definition) is 0. The zero-order valence-electron chi connectivity index (χ0n) is 31.2. The molecule has 13 rings (SSSR count). The zero-order chi connectivity index (χ0) is 37.9. The van der Waals surface area contributed by atoms with Crippen LogP contribution in [0, 0.1) is 0 Å². The third-order valence-corrected chi connectivity index (χ3v) is 13.3. The number of nitrogens with zero attached hydrogens (tertiary/aromatic N) is 2. The summed E-state index contributed by atoms with van der Waals surface area (Å²) in [4.78, 5) is 2.36. The molecule has 0 spiro atoms. The standard InChI is InChI=1S/C54H32N2OS/c1-2-12-33(13-3-1)34-26-28-35(29-27-34)55(47-22-9-20-43-38-15-5-7-23-48(38)57-54(43)47)36-30-31-46-44(32-36)42-19-8-18-41-40-17-11-25-50-52(40)51-39(16-10-24-49(51)58-50)37-14-4-6-21-45(37)56(46)53(41)42/h1-32H. The second-order valence-electron chi connectivity index (χ2n) is 15.2. The fourth-order valence-electron chi connectivity index (χ4n) is 9.64. The number of benzene rings is 9. The number of para-hydroxylation sites is 4. The lowest BCUT2D eigenvalue weighted by molar-refractivity contribution is 0.669. The van der Waals surface area contributed by atoms with Gasteiger partial charge in [0.25, 0.3) is 0 Å². The smallest absolute Gasteiger partial charge is 0.159 e. The van der Waals surface area contributed by atoms with Crippen molar-refractivity contribution in [1.82, 2.24) is 4.40 Å². The zero-order valence-corrected chi connectivity index (χ0v) is 32.0. The van der Waals surface area contributed by atoms with Gasteiger partial charge in [0, 0.05) is 63.9 Å². The van der Waals surface area contributed by atoms with Crippen LogP contribution in [0.25, 0.3) is 102 Å². The fraction of sp³-hybridized carbons (Fsp3) is 0. The van der Waals surface area contributed by atoms with Crippen molar-refractivity contribution in [2.45, 2.75) is 0 Å². The number of fused-ring (bicyclic) bond motifs is 10. The average molecular weight is 757 g/mol. The summed E-state index contributed by atoms with van der Waals surface area (Å²) in [5, 5.41) is 12.3. The first-order valence-corrected chi connectivity index (χ1v) is 20.6. The molecule has 0 bridgehead atoms. The van der Waals surface area contributed by atoms with E-state index < -0.39 is 0 Å². The third kappa shape index (κ3) is 4.43. The molecular weight excluding hydrogens is 725 g/mol. The van der Waals surface area contributed by atoms with Gasteiger partial charge < -0.3 is 13.7 Å². The van der Waals surface area contributed by atoms with Gasteiger partial charge in [-0.2, -0.15) is 0 Å². The number of anilines is 3. The largest absolute Gasteiger partial charge is 0.454 e. The second-order valence-corrected chi connectivity index (χ2v) is 16.3. The molecular formula is C54H32N2OS. The van der Waals surface area contributed by atoms with E-state index in [2.05, 4.69) is 197 Å². The van der Waals surface area contributed by atoms with E-state index in [0.29, 0.717) is 0 Å². The maximum atomic E-state index is 6.71. The monoisotopic (exact) mass is 756 g/mol. The van der Waals surface area contributed by atoms with Gasteiger partial charge in [0.1, 0.15) is 5.58 Å². The minimum absolute atomic E-state index is 0.866. The van der Waals surface area contributed by atoms with E-state index in [4.69, 9.17) is 4.42 Å². The van der Waals surface area contributed by atoms with Gasteiger partial charge in [-0.25, -0.2) is 0 Å². The van der Waals surface area contributed by atoms with E-state index in [1.165, 1.54) is 80.2 Å². The normalized spacial score (nSPS) is 12.1. The van der Waals surface area contributed by atoms with Crippen LogP contribution in [0.1, 0.15) is 0 Å². The summed E-state index contributed by atoms with van der Waals surface area (Å²) in [6.45, 7) is 0. The van der Waals surface area contributed by atoms with Crippen molar-refractivity contribution in [2.24, 2.45) is 0 Å². The second kappa shape index (κ2) is 12.1. The molecule has 0 aliphatic carbocycles. The Bertz CT molecular complexity index is 3800. The molecule has 0 N–H and O–H groups in total. The van der Waals surface area contributed by atoms with Crippen LogP contribution in [0.3, 0.4) is 0 Å². The average Bonchev–Trinajstić information content (AvgIpc) is 3.97. The van der Waals surface area contributed by atoms with E-state index in [0.717, 1.165) is 39.0 Å². The predicted octanol–water partition coefficient (Wildman–Crippen LogP) is 16.0. The summed E-state index contributed by atoms with van der Waals surface area (Å²) in [7, 11) is 0. The van der Waals surface area contributed by atoms with Gasteiger partial charge in [0.15, 0.2) is 5.58 Å². The summed E-state index contributed by atoms with van der Waals surface area (Å²) < 4.78 is 11.9. The Balaban J connectivity index is 1.15. The molecule has 0 unspecified atom stereocenters. The van der Waals surface area contributed by atoms with E-state index >= 15 is 0 Å². The highest BCUT2D eigenvalue weighted by Gasteiger charge is 2.22. The Morgan fingerprint density at radius 3 is 1.78 bits per heavy atom. The van der Waals surface area contributed by atoms with Crippen molar-refractivity contribution < 1.29 is 4.42 Å². The van der Waals surface area contributed by atoms with Crippen LogP contribution in [-0.4, -0.2) is 4.40 Å². The van der Waals surface area contributed by atoms with E-state index in [1.54, 1.807) is 0 Å². The van der Waals surface area contributed by atoms with Gasteiger partial charge in [0.2, 0.25) is 0 Å². The third-order valence-electron chi connectivity index (χ3n) is 12.1. The van der Waals surface area contributed by atoms with Crippen LogP contribution in [0.5, 0.6) is 0 Å². The topological polar surface area (TPSA) is 20.8 Å². The highest BCUT2D eigenvalue weighted by Crippen LogP contribution is 2.47. The lowest BCUT2D eigenvalue weighted by Crippen LogP contribution is -2.10. The Morgan fingerprint density at radius 2 is 0.966 bits per heavy atom. The van der Waals surface area contributed by atoms with Crippen molar-refractivity contribution >= 4 is 119 Å². The summed E-state index contributed by atoms with van der Waals surface area (Å²) >= 11 is 1.89. The Hall–Kier alpha value is -7.40. The molecule has 58 heavy (non-hydrogen) atoms. The molecule has 0 atom stereocenters.